The van der Waals surface area contributed by atoms with Crippen molar-refractivity contribution in [2.75, 3.05) is 18.4 Å². The second-order valence-corrected chi connectivity index (χ2v) is 4.05. The van der Waals surface area contributed by atoms with Crippen LogP contribution in [0.2, 0.25) is 5.02 Å². The maximum Gasteiger partial charge on any atom is 0.0766 e. The number of hydrogen-bond acceptors (Lipinski definition) is 3. The Morgan fingerprint density at radius 1 is 1.38 bits per heavy atom. The normalized spacial score (nSPS) is 10.7. The van der Waals surface area contributed by atoms with Gasteiger partial charge in [-0.15, -0.1) is 0 Å². The number of hydrogen-bond donors (Lipinski definition) is 2. The molecule has 0 amide bonds. The predicted molar refractivity (Wildman–Crippen MR) is 69.0 cm³/mol. The van der Waals surface area contributed by atoms with E-state index in [1.165, 1.54) is 0 Å². The summed E-state index contributed by atoms with van der Waals surface area (Å²) in [5.41, 5.74) is 8.48. The van der Waals surface area contributed by atoms with Crippen LogP contribution in [0.1, 0.15) is 5.56 Å². The third-order valence-corrected chi connectivity index (χ3v) is 2.97. The Hall–Kier alpha value is -1.32. The lowest BCUT2D eigenvalue weighted by atomic mass is 10.1. The number of fused-ring (bicyclic) bond motifs is 1. The lowest BCUT2D eigenvalue weighted by molar-refractivity contribution is 1.03. The van der Waals surface area contributed by atoms with E-state index >= 15 is 0 Å². The fraction of sp³-hybridized carbons (Fsp3) is 0.250. The van der Waals surface area contributed by atoms with E-state index in [4.69, 9.17) is 17.3 Å². The molecule has 0 saturated heterocycles. The van der Waals surface area contributed by atoms with Crippen LogP contribution in [0.15, 0.2) is 24.4 Å². The molecule has 0 fully saturated rings. The molecular formula is C12H14ClN3. The van der Waals surface area contributed by atoms with Gasteiger partial charge < -0.3 is 11.1 Å². The van der Waals surface area contributed by atoms with Gasteiger partial charge in [0.15, 0.2) is 0 Å². The van der Waals surface area contributed by atoms with Crippen molar-refractivity contribution in [3.63, 3.8) is 0 Å². The molecule has 4 heteroatoms. The summed E-state index contributed by atoms with van der Waals surface area (Å²) in [6.45, 7) is 3.33. The van der Waals surface area contributed by atoms with Crippen molar-refractivity contribution in [3.8, 4) is 0 Å². The van der Waals surface area contributed by atoms with Gasteiger partial charge in [-0.2, -0.15) is 0 Å². The zero-order chi connectivity index (χ0) is 11.5. The van der Waals surface area contributed by atoms with Gasteiger partial charge in [-0.3, -0.25) is 4.98 Å². The molecule has 0 saturated carbocycles. The Balaban J connectivity index is 2.56. The highest BCUT2D eigenvalue weighted by Crippen LogP contribution is 2.28. The fourth-order valence-corrected chi connectivity index (χ4v) is 1.85. The molecule has 0 aliphatic heterocycles. The first-order valence-electron chi connectivity index (χ1n) is 5.22. The standard InChI is InChI=1S/C12H14ClN3/c1-8-10(13)3-2-9-11(15-7-5-14)4-6-16-12(8)9/h2-4,6H,5,7,14H2,1H3,(H,15,16). The van der Waals surface area contributed by atoms with Crippen molar-refractivity contribution in [1.29, 1.82) is 0 Å². The molecule has 0 aliphatic carbocycles. The number of benzene rings is 1. The zero-order valence-corrected chi connectivity index (χ0v) is 9.88. The quantitative estimate of drug-likeness (QED) is 0.860. The molecule has 3 N–H and O–H groups in total. The van der Waals surface area contributed by atoms with Crippen molar-refractivity contribution in [2.45, 2.75) is 6.92 Å². The van der Waals surface area contributed by atoms with Gasteiger partial charge >= 0.3 is 0 Å². The van der Waals surface area contributed by atoms with E-state index in [0.717, 1.165) is 33.7 Å². The van der Waals surface area contributed by atoms with E-state index in [1.807, 2.05) is 25.1 Å². The van der Waals surface area contributed by atoms with Crippen LogP contribution in [0.4, 0.5) is 5.69 Å². The van der Waals surface area contributed by atoms with Gasteiger partial charge in [-0.1, -0.05) is 11.6 Å². The van der Waals surface area contributed by atoms with Gasteiger partial charge in [0.1, 0.15) is 0 Å². The molecule has 0 atom stereocenters. The van der Waals surface area contributed by atoms with Crippen LogP contribution < -0.4 is 11.1 Å². The maximum atomic E-state index is 6.06. The molecule has 0 radical (unpaired) electrons. The van der Waals surface area contributed by atoms with Crippen LogP contribution in [0.3, 0.4) is 0 Å². The van der Waals surface area contributed by atoms with Gasteiger partial charge in [0.25, 0.3) is 0 Å². The monoisotopic (exact) mass is 235 g/mol. The number of nitrogens with two attached hydrogens (primary N) is 1. The van der Waals surface area contributed by atoms with Gasteiger partial charge in [0.05, 0.1) is 5.52 Å². The predicted octanol–water partition coefficient (Wildman–Crippen LogP) is 2.57. The van der Waals surface area contributed by atoms with Gasteiger partial charge in [-0.05, 0) is 30.7 Å². The van der Waals surface area contributed by atoms with Gasteiger partial charge in [0, 0.05) is 35.4 Å². The van der Waals surface area contributed by atoms with E-state index in [0.29, 0.717) is 6.54 Å². The van der Waals surface area contributed by atoms with E-state index < -0.39 is 0 Å². The Kier molecular flexibility index (Phi) is 3.27. The molecular weight excluding hydrogens is 222 g/mol. The number of halogens is 1. The van der Waals surface area contributed by atoms with Crippen LogP contribution in [0, 0.1) is 6.92 Å². The second kappa shape index (κ2) is 4.68. The summed E-state index contributed by atoms with van der Waals surface area (Å²) in [5.74, 6) is 0. The fourth-order valence-electron chi connectivity index (χ4n) is 1.70. The number of rotatable bonds is 3. The molecule has 0 bridgehead atoms. The van der Waals surface area contributed by atoms with Crippen LogP contribution >= 0.6 is 11.6 Å². The summed E-state index contributed by atoms with van der Waals surface area (Å²) in [5, 5.41) is 5.10. The molecule has 0 aliphatic rings. The van der Waals surface area contributed by atoms with E-state index in [9.17, 15) is 0 Å². The number of nitrogens with one attached hydrogen (secondary N) is 1. The largest absolute Gasteiger partial charge is 0.383 e. The summed E-state index contributed by atoms with van der Waals surface area (Å²) in [7, 11) is 0. The Morgan fingerprint density at radius 2 is 2.19 bits per heavy atom. The van der Waals surface area contributed by atoms with Crippen molar-refractivity contribution in [1.82, 2.24) is 4.98 Å². The summed E-state index contributed by atoms with van der Waals surface area (Å²) in [6, 6.07) is 5.83. The molecule has 0 unspecified atom stereocenters. The van der Waals surface area contributed by atoms with E-state index in [2.05, 4.69) is 10.3 Å². The Labute approximate surface area is 99.6 Å². The topological polar surface area (TPSA) is 50.9 Å². The molecule has 84 valence electrons. The number of anilines is 1. The highest BCUT2D eigenvalue weighted by atomic mass is 35.5. The summed E-state index contributed by atoms with van der Waals surface area (Å²) in [4.78, 5) is 4.35. The van der Waals surface area contributed by atoms with Crippen molar-refractivity contribution in [2.24, 2.45) is 5.73 Å². The molecule has 2 rings (SSSR count). The molecule has 1 heterocycles. The molecule has 1 aromatic carbocycles. The van der Waals surface area contributed by atoms with Crippen molar-refractivity contribution in [3.05, 3.63) is 35.0 Å². The van der Waals surface area contributed by atoms with Gasteiger partial charge in [0.2, 0.25) is 0 Å². The molecule has 2 aromatic rings. The number of aromatic nitrogens is 1. The number of aryl methyl sites for hydroxylation is 1. The van der Waals surface area contributed by atoms with E-state index in [-0.39, 0.29) is 0 Å². The van der Waals surface area contributed by atoms with Crippen molar-refractivity contribution >= 4 is 28.2 Å². The maximum absolute atomic E-state index is 6.06. The first kappa shape index (κ1) is 11.2. The second-order valence-electron chi connectivity index (χ2n) is 3.64. The minimum absolute atomic E-state index is 0.608. The summed E-state index contributed by atoms with van der Waals surface area (Å²) < 4.78 is 0. The highest BCUT2D eigenvalue weighted by Gasteiger charge is 2.06. The van der Waals surface area contributed by atoms with Crippen molar-refractivity contribution < 1.29 is 0 Å². The first-order valence-corrected chi connectivity index (χ1v) is 5.59. The van der Waals surface area contributed by atoms with Crippen LogP contribution in [0.5, 0.6) is 0 Å². The lowest BCUT2D eigenvalue weighted by Gasteiger charge is -2.10. The minimum Gasteiger partial charge on any atom is -0.383 e. The molecule has 16 heavy (non-hydrogen) atoms. The molecule has 1 aromatic heterocycles. The third kappa shape index (κ3) is 1.96. The lowest BCUT2D eigenvalue weighted by Crippen LogP contribution is -2.13. The average molecular weight is 236 g/mol. The average Bonchev–Trinajstić information content (AvgIpc) is 2.31. The van der Waals surface area contributed by atoms with Crippen LogP contribution in [-0.4, -0.2) is 18.1 Å². The minimum atomic E-state index is 0.608. The first-order chi connectivity index (χ1) is 7.74. The zero-order valence-electron chi connectivity index (χ0n) is 9.13. The molecule has 0 spiro atoms. The van der Waals surface area contributed by atoms with Crippen LogP contribution in [0.25, 0.3) is 10.9 Å². The number of nitrogens with zero attached hydrogens (tertiary/aromatic N) is 1. The SMILES string of the molecule is Cc1c(Cl)ccc2c(NCCN)ccnc12. The van der Waals surface area contributed by atoms with Gasteiger partial charge in [-0.25, -0.2) is 0 Å². The highest BCUT2D eigenvalue weighted by molar-refractivity contribution is 6.32. The Morgan fingerprint density at radius 3 is 2.94 bits per heavy atom. The smallest absolute Gasteiger partial charge is 0.0766 e. The summed E-state index contributed by atoms with van der Waals surface area (Å²) in [6.07, 6.45) is 1.78. The van der Waals surface area contributed by atoms with Crippen LogP contribution in [-0.2, 0) is 0 Å². The Bertz CT molecular complexity index is 511. The molecule has 3 nitrogen and oxygen atoms in total. The summed E-state index contributed by atoms with van der Waals surface area (Å²) >= 11 is 6.06. The number of pyridine rings is 1. The third-order valence-electron chi connectivity index (χ3n) is 2.56. The van der Waals surface area contributed by atoms with E-state index in [1.54, 1.807) is 6.20 Å².